The number of allylic oxidation sites excluding steroid dienone is 15. The maximum absolute atomic E-state index is 12.8. The zero-order valence-corrected chi connectivity index (χ0v) is 44.8. The summed E-state index contributed by atoms with van der Waals surface area (Å²) < 4.78 is 17.4. The van der Waals surface area contributed by atoms with Gasteiger partial charge in [-0.2, -0.15) is 0 Å². The fourth-order valence-corrected chi connectivity index (χ4v) is 7.95. The predicted octanol–water partition coefficient (Wildman–Crippen LogP) is 19.8. The van der Waals surface area contributed by atoms with Gasteiger partial charge < -0.3 is 14.2 Å². The van der Waals surface area contributed by atoms with E-state index in [1.54, 1.807) is 0 Å². The Morgan fingerprint density at radius 1 is 0.353 bits per heavy atom. The molecule has 0 radical (unpaired) electrons. The van der Waals surface area contributed by atoms with Crippen molar-refractivity contribution in [2.75, 3.05) is 19.8 Å². The number of hydrogen-bond acceptors (Lipinski definition) is 5. The third kappa shape index (κ3) is 55.4. The summed E-state index contributed by atoms with van der Waals surface area (Å²) in [7, 11) is 0. The Balaban J connectivity index is 4.35. The normalized spacial score (nSPS) is 12.9. The summed E-state index contributed by atoms with van der Waals surface area (Å²) in [4.78, 5) is 25.5. The van der Waals surface area contributed by atoms with Crippen LogP contribution in [0.1, 0.15) is 265 Å². The van der Waals surface area contributed by atoms with Gasteiger partial charge in [0.25, 0.3) is 0 Å². The van der Waals surface area contributed by atoms with Gasteiger partial charge in [-0.3, -0.25) is 9.59 Å². The summed E-state index contributed by atoms with van der Waals surface area (Å²) in [6.45, 7) is 7.51. The molecule has 0 amide bonds. The SMILES string of the molecule is CC/C=C\C/C=C\C/C=C\C/C=C\C/C=C\CC(=O)OC(COCCCCCCCCCC/C=C\C/C=C\C/C=C\CC)COC(=O)CCCCCCCCCCCCCCCCCCCCC. The van der Waals surface area contributed by atoms with Gasteiger partial charge in [-0.25, -0.2) is 0 Å². The third-order valence-electron chi connectivity index (χ3n) is 12.1. The van der Waals surface area contributed by atoms with E-state index in [0.717, 1.165) is 77.0 Å². The van der Waals surface area contributed by atoms with Gasteiger partial charge >= 0.3 is 11.9 Å². The van der Waals surface area contributed by atoms with Crippen molar-refractivity contribution in [1.82, 2.24) is 0 Å². The second-order valence-corrected chi connectivity index (χ2v) is 18.8. The number of rotatable bonds is 52. The molecule has 5 heteroatoms. The maximum atomic E-state index is 12.8. The van der Waals surface area contributed by atoms with Crippen molar-refractivity contribution >= 4 is 11.9 Å². The van der Waals surface area contributed by atoms with Crippen molar-refractivity contribution in [3.8, 4) is 0 Å². The summed E-state index contributed by atoms with van der Waals surface area (Å²) in [5, 5.41) is 0. The van der Waals surface area contributed by atoms with Crippen molar-refractivity contribution in [3.05, 3.63) is 97.2 Å². The van der Waals surface area contributed by atoms with Gasteiger partial charge in [-0.1, -0.05) is 272 Å². The number of carbonyl (C=O) groups excluding carboxylic acids is 2. The molecule has 0 spiro atoms. The molecule has 0 aromatic carbocycles. The van der Waals surface area contributed by atoms with Gasteiger partial charge in [0, 0.05) is 13.0 Å². The molecule has 5 nitrogen and oxygen atoms in total. The number of esters is 2. The van der Waals surface area contributed by atoms with Gasteiger partial charge in [0.05, 0.1) is 13.0 Å². The van der Waals surface area contributed by atoms with Crippen molar-refractivity contribution in [1.29, 1.82) is 0 Å². The smallest absolute Gasteiger partial charge is 0.310 e. The van der Waals surface area contributed by atoms with E-state index < -0.39 is 6.10 Å². The highest BCUT2D eigenvalue weighted by molar-refractivity contribution is 5.71. The van der Waals surface area contributed by atoms with E-state index in [9.17, 15) is 9.59 Å². The summed E-state index contributed by atoms with van der Waals surface area (Å²) in [6.07, 6.45) is 78.9. The van der Waals surface area contributed by atoms with Crippen molar-refractivity contribution in [2.45, 2.75) is 271 Å². The highest BCUT2D eigenvalue weighted by Crippen LogP contribution is 2.16. The van der Waals surface area contributed by atoms with Gasteiger partial charge in [-0.05, 0) is 77.0 Å². The molecule has 0 saturated heterocycles. The van der Waals surface area contributed by atoms with E-state index in [1.807, 2.05) is 12.2 Å². The molecule has 0 aliphatic heterocycles. The van der Waals surface area contributed by atoms with Gasteiger partial charge in [0.15, 0.2) is 6.10 Å². The summed E-state index contributed by atoms with van der Waals surface area (Å²) in [5.74, 6) is -0.541. The first-order chi connectivity index (χ1) is 33.6. The molecule has 0 fully saturated rings. The average molecular weight is 946 g/mol. The Bertz CT molecular complexity index is 1300. The zero-order valence-electron chi connectivity index (χ0n) is 44.8. The molecule has 1 atom stereocenters. The molecule has 0 aliphatic carbocycles. The number of unbranched alkanes of at least 4 members (excludes halogenated alkanes) is 26. The molecule has 0 aromatic rings. The fourth-order valence-electron chi connectivity index (χ4n) is 7.95. The Labute approximate surface area is 422 Å². The molecule has 68 heavy (non-hydrogen) atoms. The van der Waals surface area contributed by atoms with Crippen LogP contribution in [0.15, 0.2) is 97.2 Å². The minimum atomic E-state index is -0.599. The Kier molecular flexibility index (Phi) is 55.4. The minimum Gasteiger partial charge on any atom is -0.462 e. The second kappa shape index (κ2) is 58.1. The van der Waals surface area contributed by atoms with Crippen LogP contribution in [0.2, 0.25) is 0 Å². The molecule has 0 heterocycles. The standard InChI is InChI=1S/C63H108O5/c1-4-7-10-13-16-19-22-25-28-30-32-33-36-38-41-44-47-50-53-56-62(64)67-60-61(68-63(65)57-54-51-48-45-42-39-35-27-24-21-18-15-12-9-6-3)59-66-58-55-52-49-46-43-40-37-34-31-29-26-23-20-17-14-11-8-5-2/h8-9,11-12,17-18,20-21,26-27,29,35,42,45,51,54,61H,4-7,10,13-16,19,22-25,28,30-34,36-41,43-44,46-50,52-53,55-60H2,1-3H3/b11-8-,12-9-,20-17-,21-18-,29-26-,35-27-,45-42-,54-51-. The molecule has 0 bridgehead atoms. The van der Waals surface area contributed by atoms with Crippen LogP contribution >= 0.6 is 0 Å². The van der Waals surface area contributed by atoms with Crippen LogP contribution in [-0.2, 0) is 23.8 Å². The predicted molar refractivity (Wildman–Crippen MR) is 297 cm³/mol. The highest BCUT2D eigenvalue weighted by Gasteiger charge is 2.17. The fraction of sp³-hybridized carbons (Fsp3) is 0.714. The van der Waals surface area contributed by atoms with Crippen molar-refractivity contribution in [2.24, 2.45) is 0 Å². The molecule has 0 saturated carbocycles. The van der Waals surface area contributed by atoms with Crippen LogP contribution < -0.4 is 0 Å². The first kappa shape index (κ1) is 64.8. The van der Waals surface area contributed by atoms with Crippen molar-refractivity contribution < 1.29 is 23.8 Å². The molecular weight excluding hydrogens is 837 g/mol. The quantitative estimate of drug-likeness (QED) is 0.0345. The molecular formula is C63H108O5. The van der Waals surface area contributed by atoms with E-state index >= 15 is 0 Å². The van der Waals surface area contributed by atoms with Crippen LogP contribution in [0.25, 0.3) is 0 Å². The van der Waals surface area contributed by atoms with E-state index in [2.05, 4.69) is 106 Å². The lowest BCUT2D eigenvalue weighted by Gasteiger charge is -2.18. The first-order valence-electron chi connectivity index (χ1n) is 28.8. The number of hydrogen-bond donors (Lipinski definition) is 0. The summed E-state index contributed by atoms with van der Waals surface area (Å²) >= 11 is 0. The lowest BCUT2D eigenvalue weighted by Crippen LogP contribution is -2.29. The Morgan fingerprint density at radius 2 is 0.706 bits per heavy atom. The third-order valence-corrected chi connectivity index (χ3v) is 12.1. The lowest BCUT2D eigenvalue weighted by molar-refractivity contribution is -0.162. The van der Waals surface area contributed by atoms with Crippen LogP contribution in [0.3, 0.4) is 0 Å². The maximum Gasteiger partial charge on any atom is 0.310 e. The minimum absolute atomic E-state index is 0.0408. The van der Waals surface area contributed by atoms with Crippen LogP contribution in [0.4, 0.5) is 0 Å². The van der Waals surface area contributed by atoms with E-state index in [-0.39, 0.29) is 31.6 Å². The molecule has 0 N–H and O–H groups in total. The van der Waals surface area contributed by atoms with Gasteiger partial charge in [-0.15, -0.1) is 0 Å². The number of ether oxygens (including phenoxy) is 3. The largest absolute Gasteiger partial charge is 0.462 e. The van der Waals surface area contributed by atoms with Crippen LogP contribution in [0, 0.1) is 0 Å². The Hall–Kier alpha value is -3.18. The Morgan fingerprint density at radius 3 is 1.13 bits per heavy atom. The molecule has 0 aromatic heterocycles. The second-order valence-electron chi connectivity index (χ2n) is 18.8. The average Bonchev–Trinajstić information content (AvgIpc) is 3.34. The van der Waals surface area contributed by atoms with Crippen molar-refractivity contribution in [3.63, 3.8) is 0 Å². The number of carbonyl (C=O) groups is 2. The van der Waals surface area contributed by atoms with Crippen LogP contribution in [-0.4, -0.2) is 37.9 Å². The van der Waals surface area contributed by atoms with Crippen LogP contribution in [0.5, 0.6) is 0 Å². The summed E-state index contributed by atoms with van der Waals surface area (Å²) in [6, 6.07) is 0. The van der Waals surface area contributed by atoms with E-state index in [0.29, 0.717) is 13.0 Å². The highest BCUT2D eigenvalue weighted by atomic mass is 16.6. The monoisotopic (exact) mass is 945 g/mol. The lowest BCUT2D eigenvalue weighted by atomic mass is 10.0. The van der Waals surface area contributed by atoms with Gasteiger partial charge in [0.2, 0.25) is 0 Å². The van der Waals surface area contributed by atoms with E-state index in [1.165, 1.54) is 154 Å². The summed E-state index contributed by atoms with van der Waals surface area (Å²) in [5.41, 5.74) is 0. The first-order valence-corrected chi connectivity index (χ1v) is 28.8. The molecule has 390 valence electrons. The zero-order chi connectivity index (χ0) is 49.2. The molecule has 0 rings (SSSR count). The molecule has 1 unspecified atom stereocenters. The topological polar surface area (TPSA) is 61.8 Å². The van der Waals surface area contributed by atoms with E-state index in [4.69, 9.17) is 14.2 Å². The molecule has 0 aliphatic rings. The van der Waals surface area contributed by atoms with Gasteiger partial charge in [0.1, 0.15) is 6.61 Å².